The van der Waals surface area contributed by atoms with Gasteiger partial charge < -0.3 is 5.11 Å². The number of aliphatic hydroxyl groups is 1. The van der Waals surface area contributed by atoms with Crippen molar-refractivity contribution in [1.82, 2.24) is 14.9 Å². The van der Waals surface area contributed by atoms with Crippen LogP contribution in [0.4, 0.5) is 0 Å². The SMILES string of the molecule is O=S(=O)(NCc1cccc(CO)c1)c1cn[nH]c1. The van der Waals surface area contributed by atoms with E-state index in [-0.39, 0.29) is 18.0 Å². The first-order valence-corrected chi connectivity index (χ1v) is 6.77. The van der Waals surface area contributed by atoms with Crippen molar-refractivity contribution in [2.75, 3.05) is 0 Å². The van der Waals surface area contributed by atoms with Crippen molar-refractivity contribution in [3.05, 3.63) is 47.8 Å². The lowest BCUT2D eigenvalue weighted by Crippen LogP contribution is -2.22. The maximum Gasteiger partial charge on any atom is 0.243 e. The zero-order chi connectivity index (χ0) is 13.0. The van der Waals surface area contributed by atoms with Crippen LogP contribution in [0.2, 0.25) is 0 Å². The number of rotatable bonds is 5. The van der Waals surface area contributed by atoms with Gasteiger partial charge in [0.25, 0.3) is 0 Å². The topological polar surface area (TPSA) is 95.1 Å². The number of hydrogen-bond donors (Lipinski definition) is 3. The van der Waals surface area contributed by atoms with Crippen LogP contribution >= 0.6 is 0 Å². The fraction of sp³-hybridized carbons (Fsp3) is 0.182. The summed E-state index contributed by atoms with van der Waals surface area (Å²) in [6, 6.07) is 7.08. The van der Waals surface area contributed by atoms with Gasteiger partial charge in [0.2, 0.25) is 10.0 Å². The van der Waals surface area contributed by atoms with Crippen molar-refractivity contribution < 1.29 is 13.5 Å². The molecule has 0 atom stereocenters. The normalized spacial score (nSPS) is 11.6. The van der Waals surface area contributed by atoms with Crippen LogP contribution in [0.1, 0.15) is 11.1 Å². The van der Waals surface area contributed by atoms with Gasteiger partial charge in [0.05, 0.1) is 12.8 Å². The molecule has 1 aromatic carbocycles. The summed E-state index contributed by atoms with van der Waals surface area (Å²) in [5, 5.41) is 15.0. The summed E-state index contributed by atoms with van der Waals surface area (Å²) in [7, 11) is -3.54. The molecule has 0 fully saturated rings. The van der Waals surface area contributed by atoms with Crippen molar-refractivity contribution in [3.8, 4) is 0 Å². The van der Waals surface area contributed by atoms with Crippen LogP contribution < -0.4 is 4.72 Å². The van der Waals surface area contributed by atoms with Crippen molar-refractivity contribution in [2.24, 2.45) is 0 Å². The van der Waals surface area contributed by atoms with Gasteiger partial charge in [-0.2, -0.15) is 5.10 Å². The number of H-pyrrole nitrogens is 1. The molecule has 0 saturated carbocycles. The summed E-state index contributed by atoms with van der Waals surface area (Å²) < 4.78 is 26.1. The summed E-state index contributed by atoms with van der Waals surface area (Å²) in [5.74, 6) is 0. The van der Waals surface area contributed by atoms with Gasteiger partial charge in [0, 0.05) is 12.7 Å². The molecule has 1 heterocycles. The van der Waals surface area contributed by atoms with Crippen LogP contribution in [0.5, 0.6) is 0 Å². The lowest BCUT2D eigenvalue weighted by Gasteiger charge is -2.05. The highest BCUT2D eigenvalue weighted by Gasteiger charge is 2.14. The smallest absolute Gasteiger partial charge is 0.243 e. The van der Waals surface area contributed by atoms with Crippen LogP contribution in [-0.2, 0) is 23.2 Å². The van der Waals surface area contributed by atoms with E-state index < -0.39 is 10.0 Å². The molecule has 2 rings (SSSR count). The van der Waals surface area contributed by atoms with E-state index in [2.05, 4.69) is 14.9 Å². The molecule has 2 aromatic rings. The van der Waals surface area contributed by atoms with Crippen molar-refractivity contribution >= 4 is 10.0 Å². The number of benzene rings is 1. The first-order valence-electron chi connectivity index (χ1n) is 5.29. The molecule has 6 nitrogen and oxygen atoms in total. The van der Waals surface area contributed by atoms with E-state index in [1.807, 2.05) is 0 Å². The zero-order valence-electron chi connectivity index (χ0n) is 9.50. The molecule has 0 saturated heterocycles. The summed E-state index contributed by atoms with van der Waals surface area (Å²) in [6.45, 7) is 0.101. The highest BCUT2D eigenvalue weighted by atomic mass is 32.2. The average Bonchev–Trinajstić information content (AvgIpc) is 2.91. The van der Waals surface area contributed by atoms with E-state index >= 15 is 0 Å². The third kappa shape index (κ3) is 2.95. The first kappa shape index (κ1) is 12.7. The summed E-state index contributed by atoms with van der Waals surface area (Å²) in [5.41, 5.74) is 1.53. The maximum absolute atomic E-state index is 11.8. The molecule has 0 aliphatic rings. The van der Waals surface area contributed by atoms with E-state index in [1.165, 1.54) is 12.4 Å². The Labute approximate surface area is 105 Å². The molecule has 1 aromatic heterocycles. The average molecular weight is 267 g/mol. The van der Waals surface area contributed by atoms with E-state index in [4.69, 9.17) is 5.11 Å². The second kappa shape index (κ2) is 5.30. The summed E-state index contributed by atoms with van der Waals surface area (Å²) in [4.78, 5) is 0.0980. The van der Waals surface area contributed by atoms with Crippen LogP contribution in [0.3, 0.4) is 0 Å². The first-order chi connectivity index (χ1) is 8.62. The lowest BCUT2D eigenvalue weighted by molar-refractivity contribution is 0.281. The monoisotopic (exact) mass is 267 g/mol. The lowest BCUT2D eigenvalue weighted by atomic mass is 10.1. The molecule has 7 heteroatoms. The van der Waals surface area contributed by atoms with Gasteiger partial charge in [-0.15, -0.1) is 0 Å². The molecular formula is C11H13N3O3S. The Morgan fingerprint density at radius 3 is 2.78 bits per heavy atom. The Morgan fingerprint density at radius 2 is 2.11 bits per heavy atom. The number of aromatic nitrogens is 2. The van der Waals surface area contributed by atoms with Crippen molar-refractivity contribution in [3.63, 3.8) is 0 Å². The predicted octanol–water partition coefficient (Wildman–Crippen LogP) is 0.380. The van der Waals surface area contributed by atoms with Gasteiger partial charge in [0.15, 0.2) is 0 Å². The molecule has 0 aliphatic heterocycles. The number of aliphatic hydroxyl groups excluding tert-OH is 1. The molecule has 0 bridgehead atoms. The van der Waals surface area contributed by atoms with Crippen molar-refractivity contribution in [1.29, 1.82) is 0 Å². The minimum absolute atomic E-state index is 0.0671. The van der Waals surface area contributed by atoms with Crippen molar-refractivity contribution in [2.45, 2.75) is 18.0 Å². The second-order valence-corrected chi connectivity index (χ2v) is 5.50. The largest absolute Gasteiger partial charge is 0.392 e. The van der Waals surface area contributed by atoms with Gasteiger partial charge >= 0.3 is 0 Å². The molecule has 3 N–H and O–H groups in total. The van der Waals surface area contributed by atoms with Gasteiger partial charge in [-0.1, -0.05) is 24.3 Å². The van der Waals surface area contributed by atoms with E-state index in [0.717, 1.165) is 11.1 Å². The van der Waals surface area contributed by atoms with Crippen LogP contribution in [0.25, 0.3) is 0 Å². The number of hydrogen-bond acceptors (Lipinski definition) is 4. The van der Waals surface area contributed by atoms with Gasteiger partial charge in [-0.05, 0) is 11.1 Å². The Balaban J connectivity index is 2.07. The molecule has 0 unspecified atom stereocenters. The quantitative estimate of drug-likeness (QED) is 0.730. The van der Waals surface area contributed by atoms with E-state index in [9.17, 15) is 8.42 Å². The highest BCUT2D eigenvalue weighted by Crippen LogP contribution is 2.08. The Morgan fingerprint density at radius 1 is 1.33 bits per heavy atom. The Hall–Kier alpha value is -1.70. The minimum Gasteiger partial charge on any atom is -0.392 e. The van der Waals surface area contributed by atoms with Crippen LogP contribution in [-0.4, -0.2) is 23.7 Å². The summed E-state index contributed by atoms with van der Waals surface area (Å²) >= 11 is 0. The zero-order valence-corrected chi connectivity index (χ0v) is 10.3. The fourth-order valence-electron chi connectivity index (χ4n) is 1.49. The van der Waals surface area contributed by atoms with Gasteiger partial charge in [-0.3, -0.25) is 5.10 Å². The maximum atomic E-state index is 11.8. The molecular weight excluding hydrogens is 254 g/mol. The van der Waals surface area contributed by atoms with Gasteiger partial charge in [-0.25, -0.2) is 13.1 Å². The van der Waals surface area contributed by atoms with Crippen LogP contribution in [0.15, 0.2) is 41.6 Å². The molecule has 0 aliphatic carbocycles. The predicted molar refractivity (Wildman–Crippen MR) is 65.0 cm³/mol. The third-order valence-electron chi connectivity index (χ3n) is 2.42. The number of nitrogens with one attached hydrogen (secondary N) is 2. The molecule has 18 heavy (non-hydrogen) atoms. The minimum atomic E-state index is -3.54. The van der Waals surface area contributed by atoms with Gasteiger partial charge in [0.1, 0.15) is 4.90 Å². The number of sulfonamides is 1. The van der Waals surface area contributed by atoms with E-state index in [1.54, 1.807) is 24.3 Å². The Kier molecular flexibility index (Phi) is 3.75. The standard InChI is InChI=1S/C11H13N3O3S/c15-8-10-3-1-2-9(4-10)5-14-18(16,17)11-6-12-13-7-11/h1-4,6-7,14-15H,5,8H2,(H,12,13). The molecule has 0 spiro atoms. The number of aromatic amines is 1. The third-order valence-corrected chi connectivity index (χ3v) is 3.79. The fourth-order valence-corrected chi connectivity index (χ4v) is 2.41. The van der Waals surface area contributed by atoms with E-state index in [0.29, 0.717) is 0 Å². The van der Waals surface area contributed by atoms with Crippen LogP contribution in [0, 0.1) is 0 Å². The molecule has 96 valence electrons. The second-order valence-electron chi connectivity index (χ2n) is 3.74. The molecule has 0 amide bonds. The number of nitrogens with zero attached hydrogens (tertiary/aromatic N) is 1. The summed E-state index contributed by atoms with van der Waals surface area (Å²) in [6.07, 6.45) is 2.55. The Bertz CT molecular complexity index is 608. The highest BCUT2D eigenvalue weighted by molar-refractivity contribution is 7.89. The molecule has 0 radical (unpaired) electrons.